The van der Waals surface area contributed by atoms with E-state index in [0.29, 0.717) is 13.2 Å². The van der Waals surface area contributed by atoms with Crippen molar-refractivity contribution in [3.63, 3.8) is 0 Å². The predicted molar refractivity (Wildman–Crippen MR) is 47.9 cm³/mol. The molecule has 1 saturated heterocycles. The molecule has 1 aliphatic rings. The monoisotopic (exact) mass is 181 g/mol. The van der Waals surface area contributed by atoms with E-state index in [2.05, 4.69) is 0 Å². The highest BCUT2D eigenvalue weighted by atomic mass is 16.5. The summed E-state index contributed by atoms with van der Waals surface area (Å²) >= 11 is 0. The van der Waals surface area contributed by atoms with Crippen LogP contribution in [0.5, 0.6) is 0 Å². The van der Waals surface area contributed by atoms with E-state index in [0.717, 1.165) is 12.8 Å². The minimum absolute atomic E-state index is 0.0309. The molecule has 72 valence electrons. The van der Waals surface area contributed by atoms with E-state index < -0.39 is 5.41 Å². The zero-order valence-corrected chi connectivity index (χ0v) is 8.17. The van der Waals surface area contributed by atoms with Gasteiger partial charge in [0.2, 0.25) is 0 Å². The summed E-state index contributed by atoms with van der Waals surface area (Å²) in [5, 5.41) is 8.79. The number of nitriles is 1. The van der Waals surface area contributed by atoms with Crippen LogP contribution in [0.2, 0.25) is 0 Å². The standard InChI is InChI=1S/C10H15NO2/c1-10(2,7-11)9(12)8-3-5-13-6-4-8/h8H,3-6H2,1-2H3. The Kier molecular flexibility index (Phi) is 3.05. The highest BCUT2D eigenvalue weighted by molar-refractivity contribution is 5.88. The van der Waals surface area contributed by atoms with E-state index in [-0.39, 0.29) is 11.7 Å². The number of ether oxygens (including phenoxy) is 1. The van der Waals surface area contributed by atoms with Gasteiger partial charge in [-0.25, -0.2) is 0 Å². The van der Waals surface area contributed by atoms with Gasteiger partial charge >= 0.3 is 0 Å². The second kappa shape index (κ2) is 3.89. The van der Waals surface area contributed by atoms with Crippen LogP contribution in [0, 0.1) is 22.7 Å². The van der Waals surface area contributed by atoms with E-state index in [1.54, 1.807) is 13.8 Å². The van der Waals surface area contributed by atoms with Crippen molar-refractivity contribution in [2.24, 2.45) is 11.3 Å². The van der Waals surface area contributed by atoms with Gasteiger partial charge in [-0.05, 0) is 26.7 Å². The third-order valence-electron chi connectivity index (χ3n) is 2.49. The van der Waals surface area contributed by atoms with Crippen LogP contribution >= 0.6 is 0 Å². The lowest BCUT2D eigenvalue weighted by Gasteiger charge is -2.25. The average molecular weight is 181 g/mol. The first-order chi connectivity index (χ1) is 6.08. The van der Waals surface area contributed by atoms with E-state index in [9.17, 15) is 4.79 Å². The topological polar surface area (TPSA) is 50.1 Å². The molecule has 0 bridgehead atoms. The van der Waals surface area contributed by atoms with E-state index in [1.807, 2.05) is 6.07 Å². The number of carbonyl (C=O) groups excluding carboxylic acids is 1. The molecule has 0 N–H and O–H groups in total. The van der Waals surface area contributed by atoms with Gasteiger partial charge in [0.25, 0.3) is 0 Å². The lowest BCUT2D eigenvalue weighted by Crippen LogP contribution is -2.33. The minimum atomic E-state index is -0.831. The van der Waals surface area contributed by atoms with Crippen LogP contribution in [-0.4, -0.2) is 19.0 Å². The quantitative estimate of drug-likeness (QED) is 0.649. The van der Waals surface area contributed by atoms with Crippen molar-refractivity contribution in [2.45, 2.75) is 26.7 Å². The molecular weight excluding hydrogens is 166 g/mol. The number of nitrogens with zero attached hydrogens (tertiary/aromatic N) is 1. The molecule has 0 amide bonds. The number of rotatable bonds is 2. The molecule has 1 rings (SSSR count). The first kappa shape index (κ1) is 10.2. The van der Waals surface area contributed by atoms with Gasteiger partial charge in [-0.3, -0.25) is 4.79 Å². The smallest absolute Gasteiger partial charge is 0.155 e. The molecule has 3 nitrogen and oxygen atoms in total. The first-order valence-corrected chi connectivity index (χ1v) is 4.61. The maximum Gasteiger partial charge on any atom is 0.155 e. The maximum absolute atomic E-state index is 11.8. The third-order valence-corrected chi connectivity index (χ3v) is 2.49. The van der Waals surface area contributed by atoms with E-state index in [4.69, 9.17) is 10.00 Å². The van der Waals surface area contributed by atoms with Crippen molar-refractivity contribution in [2.75, 3.05) is 13.2 Å². The predicted octanol–water partition coefficient (Wildman–Crippen LogP) is 1.53. The molecule has 0 radical (unpaired) electrons. The van der Waals surface area contributed by atoms with E-state index >= 15 is 0 Å². The summed E-state index contributed by atoms with van der Waals surface area (Å²) in [4.78, 5) is 11.8. The Morgan fingerprint density at radius 2 is 2.00 bits per heavy atom. The van der Waals surface area contributed by atoms with Gasteiger partial charge in [0.15, 0.2) is 5.78 Å². The fourth-order valence-electron chi connectivity index (χ4n) is 1.53. The van der Waals surface area contributed by atoms with Crippen molar-refractivity contribution in [1.82, 2.24) is 0 Å². The lowest BCUT2D eigenvalue weighted by atomic mass is 9.79. The van der Waals surface area contributed by atoms with Crippen molar-refractivity contribution < 1.29 is 9.53 Å². The van der Waals surface area contributed by atoms with Gasteiger partial charge in [-0.15, -0.1) is 0 Å². The van der Waals surface area contributed by atoms with Gasteiger partial charge in [-0.1, -0.05) is 0 Å². The second-order valence-corrected chi connectivity index (χ2v) is 3.99. The SMILES string of the molecule is CC(C)(C#N)C(=O)C1CCOCC1. The molecule has 1 fully saturated rings. The molecule has 13 heavy (non-hydrogen) atoms. The maximum atomic E-state index is 11.8. The number of ketones is 1. The summed E-state index contributed by atoms with van der Waals surface area (Å²) in [5.41, 5.74) is -0.831. The zero-order chi connectivity index (χ0) is 9.90. The van der Waals surface area contributed by atoms with Crippen LogP contribution in [0.4, 0.5) is 0 Å². The minimum Gasteiger partial charge on any atom is -0.381 e. The summed E-state index contributed by atoms with van der Waals surface area (Å²) in [6.07, 6.45) is 1.54. The lowest BCUT2D eigenvalue weighted by molar-refractivity contribution is -0.131. The molecule has 3 heteroatoms. The normalized spacial score (nSPS) is 19.5. The van der Waals surface area contributed by atoms with Gasteiger partial charge < -0.3 is 4.74 Å². The van der Waals surface area contributed by atoms with Crippen LogP contribution in [0.1, 0.15) is 26.7 Å². The second-order valence-electron chi connectivity index (χ2n) is 3.99. The van der Waals surface area contributed by atoms with Crippen LogP contribution in [0.25, 0.3) is 0 Å². The van der Waals surface area contributed by atoms with Crippen LogP contribution < -0.4 is 0 Å². The van der Waals surface area contributed by atoms with Crippen LogP contribution in [0.3, 0.4) is 0 Å². The molecule has 0 aromatic rings. The largest absolute Gasteiger partial charge is 0.381 e. The molecule has 0 aromatic carbocycles. The summed E-state index contributed by atoms with van der Waals surface area (Å²) in [7, 11) is 0. The Labute approximate surface area is 78.7 Å². The molecule has 0 atom stereocenters. The summed E-state index contributed by atoms with van der Waals surface area (Å²) in [6.45, 7) is 4.67. The van der Waals surface area contributed by atoms with Crippen LogP contribution in [-0.2, 0) is 9.53 Å². The first-order valence-electron chi connectivity index (χ1n) is 4.61. The fraction of sp³-hybridized carbons (Fsp3) is 0.800. The molecule has 0 unspecified atom stereocenters. The summed E-state index contributed by atoms with van der Waals surface area (Å²) in [5.74, 6) is 0.0988. The van der Waals surface area contributed by atoms with Crippen LogP contribution in [0.15, 0.2) is 0 Å². The highest BCUT2D eigenvalue weighted by Crippen LogP contribution is 2.26. The summed E-state index contributed by atoms with van der Waals surface area (Å²) in [6, 6.07) is 2.05. The van der Waals surface area contributed by atoms with Crippen molar-refractivity contribution in [3.05, 3.63) is 0 Å². The Hall–Kier alpha value is -0.880. The Morgan fingerprint density at radius 1 is 1.46 bits per heavy atom. The van der Waals surface area contributed by atoms with Gasteiger partial charge in [0, 0.05) is 19.1 Å². The molecule has 0 saturated carbocycles. The molecule has 1 aliphatic heterocycles. The fourth-order valence-corrected chi connectivity index (χ4v) is 1.53. The zero-order valence-electron chi connectivity index (χ0n) is 8.17. The van der Waals surface area contributed by atoms with Gasteiger partial charge in [-0.2, -0.15) is 5.26 Å². The Morgan fingerprint density at radius 3 is 2.46 bits per heavy atom. The number of hydrogen-bond acceptors (Lipinski definition) is 3. The average Bonchev–Trinajstić information content (AvgIpc) is 2.18. The molecule has 0 aromatic heterocycles. The number of Topliss-reactive ketones (excluding diaryl/α,β-unsaturated/α-hetero) is 1. The molecule has 0 spiro atoms. The molecular formula is C10H15NO2. The third kappa shape index (κ3) is 2.28. The highest BCUT2D eigenvalue weighted by Gasteiger charge is 2.34. The van der Waals surface area contributed by atoms with Crippen molar-refractivity contribution in [3.8, 4) is 6.07 Å². The Balaban J connectivity index is 2.61. The van der Waals surface area contributed by atoms with Crippen molar-refractivity contribution in [1.29, 1.82) is 5.26 Å². The molecule has 0 aliphatic carbocycles. The van der Waals surface area contributed by atoms with Gasteiger partial charge in [0.05, 0.1) is 6.07 Å². The van der Waals surface area contributed by atoms with Gasteiger partial charge in [0.1, 0.15) is 5.41 Å². The number of carbonyl (C=O) groups is 1. The Bertz CT molecular complexity index is 234. The summed E-state index contributed by atoms with van der Waals surface area (Å²) < 4.78 is 5.16. The number of hydrogen-bond donors (Lipinski definition) is 0. The van der Waals surface area contributed by atoms with E-state index in [1.165, 1.54) is 0 Å². The molecule has 1 heterocycles. The van der Waals surface area contributed by atoms with Crippen molar-refractivity contribution >= 4 is 5.78 Å².